The normalized spacial score (nSPS) is 19.8. The van der Waals surface area contributed by atoms with Crippen molar-refractivity contribution in [1.29, 1.82) is 0 Å². The lowest BCUT2D eigenvalue weighted by molar-refractivity contribution is -0.143. The van der Waals surface area contributed by atoms with Crippen LogP contribution in [-0.4, -0.2) is 47.0 Å². The number of rotatable bonds is 4. The molecular formula is C20H23N3O3. The van der Waals surface area contributed by atoms with E-state index < -0.39 is 11.9 Å². The lowest BCUT2D eigenvalue weighted by Crippen LogP contribution is -2.45. The van der Waals surface area contributed by atoms with Crippen LogP contribution in [-0.2, 0) is 4.79 Å². The number of carbonyl (C=O) groups excluding carboxylic acids is 1. The summed E-state index contributed by atoms with van der Waals surface area (Å²) in [5.74, 6) is -0.593. The third-order valence-corrected chi connectivity index (χ3v) is 4.78. The van der Waals surface area contributed by atoms with Gasteiger partial charge in [0.25, 0.3) is 5.91 Å². The molecule has 0 saturated carbocycles. The number of piperidine rings is 1. The number of hydrogen-bond donors (Lipinski definition) is 1. The summed E-state index contributed by atoms with van der Waals surface area (Å²) in [6.07, 6.45) is 2.17. The van der Waals surface area contributed by atoms with Crippen molar-refractivity contribution in [3.63, 3.8) is 0 Å². The maximum absolute atomic E-state index is 12.7. The number of amides is 1. The molecule has 2 heterocycles. The molecule has 1 saturated heterocycles. The first-order valence-electron chi connectivity index (χ1n) is 8.72. The molecule has 1 N–H and O–H groups in total. The molecule has 0 bridgehead atoms. The van der Waals surface area contributed by atoms with Crippen LogP contribution in [0.25, 0.3) is 0 Å². The molecule has 1 aliphatic heterocycles. The topological polar surface area (TPSA) is 73.7 Å². The molecule has 0 spiro atoms. The molecule has 1 aliphatic rings. The van der Waals surface area contributed by atoms with Crippen LogP contribution in [0, 0.1) is 11.8 Å². The number of nitrogens with zero attached hydrogens (tertiary/aromatic N) is 3. The van der Waals surface area contributed by atoms with Gasteiger partial charge in [-0.1, -0.05) is 25.1 Å². The molecule has 26 heavy (non-hydrogen) atoms. The highest BCUT2D eigenvalue weighted by atomic mass is 16.4. The highest BCUT2D eigenvalue weighted by molar-refractivity contribution is 5.94. The first kappa shape index (κ1) is 17.9. The molecule has 2 atom stereocenters. The van der Waals surface area contributed by atoms with Crippen LogP contribution in [0.2, 0.25) is 0 Å². The van der Waals surface area contributed by atoms with E-state index in [2.05, 4.69) is 4.98 Å². The van der Waals surface area contributed by atoms with Crippen LogP contribution in [0.3, 0.4) is 0 Å². The van der Waals surface area contributed by atoms with Crippen molar-refractivity contribution in [3.8, 4) is 0 Å². The van der Waals surface area contributed by atoms with Crippen LogP contribution in [0.1, 0.15) is 23.7 Å². The Morgan fingerprint density at radius 1 is 1.15 bits per heavy atom. The first-order chi connectivity index (χ1) is 12.5. The van der Waals surface area contributed by atoms with E-state index in [-0.39, 0.29) is 18.4 Å². The number of aliphatic carboxylic acids is 1. The van der Waals surface area contributed by atoms with Crippen LogP contribution in [0.5, 0.6) is 0 Å². The highest BCUT2D eigenvalue weighted by Crippen LogP contribution is 2.24. The molecule has 2 unspecified atom stereocenters. The summed E-state index contributed by atoms with van der Waals surface area (Å²) in [5, 5.41) is 9.28. The van der Waals surface area contributed by atoms with Crippen LogP contribution in [0.15, 0.2) is 48.7 Å². The molecule has 1 aromatic carbocycles. The fourth-order valence-corrected chi connectivity index (χ4v) is 3.37. The van der Waals surface area contributed by atoms with E-state index in [0.717, 1.165) is 11.5 Å². The number of para-hydroxylation sites is 1. The molecule has 6 heteroatoms. The predicted octanol–water partition coefficient (Wildman–Crippen LogP) is 3.03. The Labute approximate surface area is 153 Å². The molecule has 1 amide bonds. The van der Waals surface area contributed by atoms with Gasteiger partial charge in [-0.2, -0.15) is 0 Å². The van der Waals surface area contributed by atoms with Crippen molar-refractivity contribution in [1.82, 2.24) is 9.88 Å². The van der Waals surface area contributed by atoms with Crippen molar-refractivity contribution in [3.05, 3.63) is 54.2 Å². The second-order valence-corrected chi connectivity index (χ2v) is 6.89. The fraction of sp³-hybridized carbons (Fsp3) is 0.350. The van der Waals surface area contributed by atoms with E-state index >= 15 is 0 Å². The Bertz CT molecular complexity index is 777. The Balaban J connectivity index is 1.73. The van der Waals surface area contributed by atoms with Crippen LogP contribution in [0.4, 0.5) is 11.5 Å². The van der Waals surface area contributed by atoms with Crippen molar-refractivity contribution in [2.45, 2.75) is 13.3 Å². The summed E-state index contributed by atoms with van der Waals surface area (Å²) >= 11 is 0. The number of benzene rings is 1. The van der Waals surface area contributed by atoms with Gasteiger partial charge in [-0.3, -0.25) is 9.59 Å². The molecule has 3 rings (SSSR count). The second-order valence-electron chi connectivity index (χ2n) is 6.89. The third-order valence-electron chi connectivity index (χ3n) is 4.78. The quantitative estimate of drug-likeness (QED) is 0.914. The van der Waals surface area contributed by atoms with Crippen LogP contribution < -0.4 is 4.90 Å². The minimum absolute atomic E-state index is 0.163. The molecule has 136 valence electrons. The van der Waals surface area contributed by atoms with Crippen molar-refractivity contribution in [2.75, 3.05) is 25.0 Å². The number of hydrogen-bond acceptors (Lipinski definition) is 4. The zero-order valence-electron chi connectivity index (χ0n) is 15.0. The van der Waals surface area contributed by atoms with Gasteiger partial charge >= 0.3 is 5.97 Å². The summed E-state index contributed by atoms with van der Waals surface area (Å²) in [5.41, 5.74) is 1.49. The minimum atomic E-state index is -0.840. The molecule has 6 nitrogen and oxygen atoms in total. The third kappa shape index (κ3) is 3.85. The highest BCUT2D eigenvalue weighted by Gasteiger charge is 2.32. The number of anilines is 2. The van der Waals surface area contributed by atoms with Gasteiger partial charge in [0.2, 0.25) is 0 Å². The molecule has 1 aromatic heterocycles. The first-order valence-corrected chi connectivity index (χ1v) is 8.72. The summed E-state index contributed by atoms with van der Waals surface area (Å²) in [7, 11) is 1.92. The number of carbonyl (C=O) groups is 2. The van der Waals surface area contributed by atoms with Gasteiger partial charge in [0.15, 0.2) is 0 Å². The van der Waals surface area contributed by atoms with Gasteiger partial charge in [-0.05, 0) is 36.6 Å². The average Bonchev–Trinajstić information content (AvgIpc) is 2.67. The van der Waals surface area contributed by atoms with Crippen molar-refractivity contribution in [2.24, 2.45) is 11.8 Å². The van der Waals surface area contributed by atoms with E-state index in [4.69, 9.17) is 0 Å². The number of carboxylic acid groups (broad SMARTS) is 1. The Kier molecular flexibility index (Phi) is 5.21. The summed E-state index contributed by atoms with van der Waals surface area (Å²) < 4.78 is 0. The average molecular weight is 353 g/mol. The Morgan fingerprint density at radius 3 is 2.50 bits per heavy atom. The van der Waals surface area contributed by atoms with E-state index in [0.29, 0.717) is 18.5 Å². The lowest BCUT2D eigenvalue weighted by Gasteiger charge is -2.34. The van der Waals surface area contributed by atoms with Gasteiger partial charge in [0, 0.05) is 32.0 Å². The SMILES string of the molecule is CC1CC(C(=O)O)CN(C(=O)c2ccc(N(C)c3ccccc3)nc2)C1. The Hall–Kier alpha value is -2.89. The largest absolute Gasteiger partial charge is 0.481 e. The van der Waals surface area contributed by atoms with Crippen molar-refractivity contribution < 1.29 is 14.7 Å². The number of likely N-dealkylation sites (tertiary alicyclic amines) is 1. The number of carboxylic acids is 1. The van der Waals surface area contributed by atoms with Crippen LogP contribution >= 0.6 is 0 Å². The van der Waals surface area contributed by atoms with Gasteiger partial charge in [0.05, 0.1) is 11.5 Å². The maximum Gasteiger partial charge on any atom is 0.308 e. The fourth-order valence-electron chi connectivity index (χ4n) is 3.37. The molecule has 0 radical (unpaired) electrons. The second kappa shape index (κ2) is 7.56. The summed E-state index contributed by atoms with van der Waals surface area (Å²) in [6.45, 7) is 2.81. The number of aromatic nitrogens is 1. The molecule has 1 fully saturated rings. The molecule has 2 aromatic rings. The minimum Gasteiger partial charge on any atom is -0.481 e. The maximum atomic E-state index is 12.7. The summed E-state index contributed by atoms with van der Waals surface area (Å²) in [6, 6.07) is 13.4. The zero-order chi connectivity index (χ0) is 18.7. The standard InChI is InChI=1S/C20H23N3O3/c1-14-10-16(20(25)26)13-23(12-14)19(24)15-8-9-18(21-11-15)22(2)17-6-4-3-5-7-17/h3-9,11,14,16H,10,12-13H2,1-2H3,(H,25,26). The van der Waals surface area contributed by atoms with Gasteiger partial charge < -0.3 is 14.9 Å². The van der Waals surface area contributed by atoms with E-state index in [1.54, 1.807) is 17.2 Å². The zero-order valence-corrected chi connectivity index (χ0v) is 15.0. The summed E-state index contributed by atoms with van der Waals surface area (Å²) in [4.78, 5) is 32.0. The van der Waals surface area contributed by atoms with E-state index in [1.807, 2.05) is 55.3 Å². The Morgan fingerprint density at radius 2 is 1.88 bits per heavy atom. The van der Waals surface area contributed by atoms with E-state index in [1.165, 1.54) is 0 Å². The van der Waals surface area contributed by atoms with Gasteiger partial charge in [0.1, 0.15) is 5.82 Å². The van der Waals surface area contributed by atoms with Crippen molar-refractivity contribution >= 4 is 23.4 Å². The van der Waals surface area contributed by atoms with Gasteiger partial charge in [-0.25, -0.2) is 4.98 Å². The monoisotopic (exact) mass is 353 g/mol. The smallest absolute Gasteiger partial charge is 0.308 e. The predicted molar refractivity (Wildman–Crippen MR) is 99.6 cm³/mol. The molecule has 0 aliphatic carbocycles. The molecular weight excluding hydrogens is 330 g/mol. The van der Waals surface area contributed by atoms with E-state index in [9.17, 15) is 14.7 Å². The lowest BCUT2D eigenvalue weighted by atomic mass is 9.90. The van der Waals surface area contributed by atoms with Gasteiger partial charge in [-0.15, -0.1) is 0 Å². The number of pyridine rings is 1.